The van der Waals surface area contributed by atoms with Crippen molar-refractivity contribution in [1.29, 1.82) is 0 Å². The number of hydrogen-bond acceptors (Lipinski definition) is 5. The third-order valence-corrected chi connectivity index (χ3v) is 5.69. The van der Waals surface area contributed by atoms with Crippen molar-refractivity contribution >= 4 is 17.3 Å². The molecule has 3 heterocycles. The summed E-state index contributed by atoms with van der Waals surface area (Å²) in [5, 5.41) is 3.53. The van der Waals surface area contributed by atoms with Crippen LogP contribution in [0.5, 0.6) is 0 Å². The normalized spacial score (nSPS) is 16.7. The lowest BCUT2D eigenvalue weighted by Gasteiger charge is -2.24. The van der Waals surface area contributed by atoms with Gasteiger partial charge in [-0.1, -0.05) is 13.3 Å². The summed E-state index contributed by atoms with van der Waals surface area (Å²) in [5.74, 6) is 0.165. The molecule has 2 aliphatic rings. The van der Waals surface area contributed by atoms with Crippen molar-refractivity contribution in [1.82, 2.24) is 9.88 Å². The second kappa shape index (κ2) is 9.27. The van der Waals surface area contributed by atoms with Gasteiger partial charge in [0.2, 0.25) is 0 Å². The second-order valence-corrected chi connectivity index (χ2v) is 7.76. The number of carbonyl (C=O) groups is 1. The van der Waals surface area contributed by atoms with Gasteiger partial charge in [-0.3, -0.25) is 9.78 Å². The number of carbonyl (C=O) groups excluding carboxylic acids is 1. The van der Waals surface area contributed by atoms with Crippen LogP contribution in [0.1, 0.15) is 47.7 Å². The van der Waals surface area contributed by atoms with Crippen molar-refractivity contribution in [2.45, 2.75) is 39.3 Å². The van der Waals surface area contributed by atoms with Gasteiger partial charge in [-0.05, 0) is 42.7 Å². The highest BCUT2D eigenvalue weighted by atomic mass is 16.5. The van der Waals surface area contributed by atoms with Crippen LogP contribution < -0.4 is 10.2 Å². The number of amides is 1. The summed E-state index contributed by atoms with van der Waals surface area (Å²) in [7, 11) is 0. The molecule has 1 N–H and O–H groups in total. The average Bonchev–Trinajstić information content (AvgIpc) is 2.91. The zero-order valence-corrected chi connectivity index (χ0v) is 17.2. The molecule has 1 aromatic heterocycles. The average molecular weight is 395 g/mol. The maximum Gasteiger partial charge on any atom is 0.254 e. The van der Waals surface area contributed by atoms with E-state index in [0.717, 1.165) is 75.5 Å². The summed E-state index contributed by atoms with van der Waals surface area (Å²) in [4.78, 5) is 21.2. The first-order valence-corrected chi connectivity index (χ1v) is 10.7. The van der Waals surface area contributed by atoms with E-state index in [9.17, 15) is 4.79 Å². The molecule has 0 atom stereocenters. The molecular formula is C23H30N4O2. The number of rotatable bonds is 7. The fourth-order valence-electron chi connectivity index (χ4n) is 4.07. The number of fused-ring (bicyclic) bond motifs is 1. The van der Waals surface area contributed by atoms with Crippen molar-refractivity contribution < 1.29 is 9.53 Å². The number of nitrogens with zero attached hydrogens (tertiary/aromatic N) is 3. The Hall–Kier alpha value is -2.60. The molecule has 0 aliphatic carbocycles. The first-order chi connectivity index (χ1) is 14.3. The summed E-state index contributed by atoms with van der Waals surface area (Å²) in [6, 6.07) is 8.18. The summed E-state index contributed by atoms with van der Waals surface area (Å²) < 4.78 is 5.60. The second-order valence-electron chi connectivity index (χ2n) is 7.76. The molecule has 1 saturated heterocycles. The van der Waals surface area contributed by atoms with Gasteiger partial charge in [0.1, 0.15) is 0 Å². The number of ether oxygens (including phenoxy) is 1. The lowest BCUT2D eigenvalue weighted by atomic mass is 10.1. The molecular weight excluding hydrogens is 364 g/mol. The molecule has 6 nitrogen and oxygen atoms in total. The Morgan fingerprint density at radius 2 is 2.14 bits per heavy atom. The lowest BCUT2D eigenvalue weighted by Crippen LogP contribution is -2.27. The van der Waals surface area contributed by atoms with Gasteiger partial charge in [-0.15, -0.1) is 0 Å². The predicted molar refractivity (Wildman–Crippen MR) is 115 cm³/mol. The van der Waals surface area contributed by atoms with E-state index in [1.54, 1.807) is 0 Å². The zero-order valence-electron chi connectivity index (χ0n) is 17.2. The van der Waals surface area contributed by atoms with Crippen LogP contribution in [0.4, 0.5) is 11.4 Å². The van der Waals surface area contributed by atoms with E-state index in [0.29, 0.717) is 6.54 Å². The monoisotopic (exact) mass is 394 g/mol. The number of aromatic nitrogens is 1. The fraction of sp³-hybridized carbons (Fsp3) is 0.478. The maximum absolute atomic E-state index is 12.5. The molecule has 29 heavy (non-hydrogen) atoms. The van der Waals surface area contributed by atoms with Crippen molar-refractivity contribution in [3.63, 3.8) is 0 Å². The number of unbranched alkanes of at least 4 members (excludes halogenated alkanes) is 1. The smallest absolute Gasteiger partial charge is 0.254 e. The highest BCUT2D eigenvalue weighted by Crippen LogP contribution is 2.27. The maximum atomic E-state index is 12.5. The molecule has 154 valence electrons. The number of anilines is 2. The number of pyridine rings is 1. The van der Waals surface area contributed by atoms with Crippen LogP contribution in [0.15, 0.2) is 36.7 Å². The Bertz CT molecular complexity index is 847. The minimum absolute atomic E-state index is 0.165. The van der Waals surface area contributed by atoms with Crippen molar-refractivity contribution in [3.05, 3.63) is 53.3 Å². The van der Waals surface area contributed by atoms with Gasteiger partial charge < -0.3 is 19.9 Å². The van der Waals surface area contributed by atoms with Gasteiger partial charge >= 0.3 is 0 Å². The molecule has 0 bridgehead atoms. The Morgan fingerprint density at radius 3 is 3.03 bits per heavy atom. The molecule has 0 unspecified atom stereocenters. The lowest BCUT2D eigenvalue weighted by molar-refractivity contribution is 0.0776. The molecule has 1 fully saturated rings. The van der Waals surface area contributed by atoms with Gasteiger partial charge in [0.05, 0.1) is 6.61 Å². The fourth-order valence-corrected chi connectivity index (χ4v) is 4.07. The van der Waals surface area contributed by atoms with E-state index in [-0.39, 0.29) is 5.91 Å². The number of benzene rings is 1. The molecule has 1 aromatic carbocycles. The molecule has 0 saturated carbocycles. The third kappa shape index (κ3) is 4.53. The summed E-state index contributed by atoms with van der Waals surface area (Å²) >= 11 is 0. The minimum atomic E-state index is 0.165. The van der Waals surface area contributed by atoms with E-state index in [1.807, 2.05) is 29.4 Å². The largest absolute Gasteiger partial charge is 0.381 e. The quantitative estimate of drug-likeness (QED) is 0.776. The first kappa shape index (κ1) is 19.7. The van der Waals surface area contributed by atoms with Crippen LogP contribution in [0, 0.1) is 0 Å². The van der Waals surface area contributed by atoms with Crippen LogP contribution in [0.25, 0.3) is 0 Å². The van der Waals surface area contributed by atoms with E-state index >= 15 is 0 Å². The van der Waals surface area contributed by atoms with Crippen LogP contribution in [0.2, 0.25) is 0 Å². The van der Waals surface area contributed by atoms with Gasteiger partial charge in [0, 0.05) is 74.2 Å². The Balaban J connectivity index is 1.44. The standard InChI is InChI=1S/C23H30N4O2/c1-2-3-9-27-17-18-14-20(5-6-21(18)23(27)28)25-16-19-15-24-8-7-22(19)26-10-4-12-29-13-11-26/h5-8,14-15,25H,2-4,9-13,16-17H2,1H3. The predicted octanol–water partition coefficient (Wildman–Crippen LogP) is 3.68. The molecule has 0 spiro atoms. The van der Waals surface area contributed by atoms with Crippen LogP contribution >= 0.6 is 0 Å². The van der Waals surface area contributed by atoms with Crippen molar-refractivity contribution in [2.24, 2.45) is 0 Å². The Kier molecular flexibility index (Phi) is 6.30. The van der Waals surface area contributed by atoms with Crippen LogP contribution in [-0.4, -0.2) is 48.6 Å². The Morgan fingerprint density at radius 1 is 1.21 bits per heavy atom. The number of hydrogen-bond donors (Lipinski definition) is 1. The summed E-state index contributed by atoms with van der Waals surface area (Å²) in [6.07, 6.45) is 7.00. The highest BCUT2D eigenvalue weighted by Gasteiger charge is 2.26. The third-order valence-electron chi connectivity index (χ3n) is 5.69. The molecule has 1 amide bonds. The van der Waals surface area contributed by atoms with E-state index < -0.39 is 0 Å². The van der Waals surface area contributed by atoms with Gasteiger partial charge in [-0.2, -0.15) is 0 Å². The first-order valence-electron chi connectivity index (χ1n) is 10.7. The molecule has 2 aromatic rings. The summed E-state index contributed by atoms with van der Waals surface area (Å²) in [5.41, 5.74) is 5.41. The van der Waals surface area contributed by atoms with Gasteiger partial charge in [0.25, 0.3) is 5.91 Å². The minimum Gasteiger partial charge on any atom is -0.381 e. The molecule has 0 radical (unpaired) electrons. The number of nitrogens with one attached hydrogen (secondary N) is 1. The Labute approximate surface area is 172 Å². The van der Waals surface area contributed by atoms with E-state index in [2.05, 4.69) is 34.3 Å². The van der Waals surface area contributed by atoms with E-state index in [4.69, 9.17) is 4.74 Å². The summed E-state index contributed by atoms with van der Waals surface area (Å²) in [6.45, 7) is 7.92. The van der Waals surface area contributed by atoms with Crippen molar-refractivity contribution in [3.8, 4) is 0 Å². The van der Waals surface area contributed by atoms with Crippen LogP contribution in [0.3, 0.4) is 0 Å². The molecule has 2 aliphatic heterocycles. The van der Waals surface area contributed by atoms with Gasteiger partial charge in [-0.25, -0.2) is 0 Å². The SMILES string of the molecule is CCCCN1Cc2cc(NCc3cnccc3N3CCCOCC3)ccc2C1=O. The van der Waals surface area contributed by atoms with E-state index in [1.165, 1.54) is 11.3 Å². The molecule has 6 heteroatoms. The van der Waals surface area contributed by atoms with Gasteiger partial charge in [0.15, 0.2) is 0 Å². The zero-order chi connectivity index (χ0) is 20.1. The highest BCUT2D eigenvalue weighted by molar-refractivity contribution is 5.98. The van der Waals surface area contributed by atoms with Crippen molar-refractivity contribution in [2.75, 3.05) is 43.1 Å². The van der Waals surface area contributed by atoms with Crippen LogP contribution in [-0.2, 0) is 17.8 Å². The topological polar surface area (TPSA) is 57.7 Å². The molecule has 4 rings (SSSR count).